The first-order valence-corrected chi connectivity index (χ1v) is 14.1. The van der Waals surface area contributed by atoms with Crippen molar-refractivity contribution in [1.82, 2.24) is 9.80 Å². The van der Waals surface area contributed by atoms with Crippen molar-refractivity contribution in [3.63, 3.8) is 0 Å². The first-order valence-electron chi connectivity index (χ1n) is 14.1. The van der Waals surface area contributed by atoms with E-state index in [0.717, 1.165) is 69.5 Å². The molecular weight excluding hydrogens is 440 g/mol. The van der Waals surface area contributed by atoms with E-state index in [2.05, 4.69) is 22.8 Å². The number of likely N-dealkylation sites (tertiary alicyclic amines) is 1. The number of rotatable bonds is 4. The van der Waals surface area contributed by atoms with E-state index >= 15 is 0 Å². The van der Waals surface area contributed by atoms with Crippen LogP contribution in [-0.2, 0) is 16.6 Å². The predicted octanol–water partition coefficient (Wildman–Crippen LogP) is 3.90. The Morgan fingerprint density at radius 3 is 2.63 bits per heavy atom. The van der Waals surface area contributed by atoms with Gasteiger partial charge >= 0.3 is 0 Å². The molecule has 1 saturated heterocycles. The number of phenols is 1. The maximum absolute atomic E-state index is 13.3. The molecule has 6 nitrogen and oxygen atoms in total. The summed E-state index contributed by atoms with van der Waals surface area (Å²) in [7, 11) is 0. The van der Waals surface area contributed by atoms with Gasteiger partial charge in [-0.05, 0) is 82.4 Å². The Bertz CT molecular complexity index is 1060. The van der Waals surface area contributed by atoms with Crippen molar-refractivity contribution in [3.05, 3.63) is 23.3 Å². The van der Waals surface area contributed by atoms with E-state index in [1.165, 1.54) is 24.8 Å². The number of hydrogen-bond donors (Lipinski definition) is 2. The van der Waals surface area contributed by atoms with Crippen molar-refractivity contribution in [2.45, 2.75) is 119 Å². The van der Waals surface area contributed by atoms with E-state index in [-0.39, 0.29) is 35.4 Å². The van der Waals surface area contributed by atoms with Gasteiger partial charge < -0.3 is 19.8 Å². The molecule has 2 bridgehead atoms. The second kappa shape index (κ2) is 7.38. The highest BCUT2D eigenvalue weighted by atomic mass is 16.5. The van der Waals surface area contributed by atoms with Gasteiger partial charge in [0.25, 0.3) is 0 Å². The van der Waals surface area contributed by atoms with E-state index in [0.29, 0.717) is 12.2 Å². The molecule has 2 aliphatic heterocycles. The number of ether oxygens (including phenoxy) is 1. The summed E-state index contributed by atoms with van der Waals surface area (Å²) in [5.41, 5.74) is 0.623. The summed E-state index contributed by atoms with van der Waals surface area (Å²) in [5.74, 6) is 1.63. The van der Waals surface area contributed by atoms with Crippen LogP contribution in [0.5, 0.6) is 11.5 Å². The van der Waals surface area contributed by atoms with Crippen LogP contribution < -0.4 is 4.74 Å². The van der Waals surface area contributed by atoms with Crippen LogP contribution in [0.15, 0.2) is 12.1 Å². The normalized spacial score (nSPS) is 39.0. The highest BCUT2D eigenvalue weighted by Crippen LogP contribution is 2.66. The maximum atomic E-state index is 13.3. The van der Waals surface area contributed by atoms with Gasteiger partial charge in [0.15, 0.2) is 11.5 Å². The van der Waals surface area contributed by atoms with Crippen molar-refractivity contribution < 1.29 is 19.7 Å². The zero-order chi connectivity index (χ0) is 24.2. The second-order valence-corrected chi connectivity index (χ2v) is 12.8. The van der Waals surface area contributed by atoms with Crippen molar-refractivity contribution in [3.8, 4) is 11.5 Å². The molecule has 2 N–H and O–H groups in total. The summed E-state index contributed by atoms with van der Waals surface area (Å²) in [6.45, 7) is 6.00. The molecule has 1 spiro atoms. The summed E-state index contributed by atoms with van der Waals surface area (Å²) in [6.07, 6.45) is 10.9. The van der Waals surface area contributed by atoms with Gasteiger partial charge in [0, 0.05) is 30.6 Å². The van der Waals surface area contributed by atoms with Crippen LogP contribution in [0, 0.1) is 5.92 Å². The monoisotopic (exact) mass is 480 g/mol. The second-order valence-electron chi connectivity index (χ2n) is 12.8. The predicted molar refractivity (Wildman–Crippen MR) is 133 cm³/mol. The lowest BCUT2D eigenvalue weighted by Crippen LogP contribution is -2.79. The molecule has 4 aliphatic carbocycles. The molecule has 3 saturated carbocycles. The molecule has 6 heteroatoms. The van der Waals surface area contributed by atoms with Crippen molar-refractivity contribution in [2.75, 3.05) is 13.1 Å². The number of aromatic hydroxyl groups is 1. The number of amides is 1. The van der Waals surface area contributed by atoms with Gasteiger partial charge in [-0.1, -0.05) is 25.3 Å². The summed E-state index contributed by atoms with van der Waals surface area (Å²) in [6, 6.07) is 3.81. The van der Waals surface area contributed by atoms with E-state index in [1.54, 1.807) is 13.0 Å². The number of aliphatic hydroxyl groups is 1. The molecule has 4 fully saturated rings. The molecule has 2 heterocycles. The molecular formula is C29H40N2O4. The van der Waals surface area contributed by atoms with Gasteiger partial charge in [-0.25, -0.2) is 0 Å². The first-order chi connectivity index (χ1) is 16.8. The third-order valence-corrected chi connectivity index (χ3v) is 10.9. The first kappa shape index (κ1) is 22.4. The summed E-state index contributed by atoms with van der Waals surface area (Å²) in [5, 5.41) is 23.6. The number of piperidine rings is 1. The molecule has 1 aromatic rings. The van der Waals surface area contributed by atoms with E-state index in [1.807, 2.05) is 0 Å². The number of nitrogens with zero attached hydrogens (tertiary/aromatic N) is 2. The van der Waals surface area contributed by atoms with Gasteiger partial charge in [-0.15, -0.1) is 0 Å². The average Bonchev–Trinajstić information content (AvgIpc) is 3.56. The summed E-state index contributed by atoms with van der Waals surface area (Å²) < 4.78 is 6.76. The molecule has 6 aliphatic rings. The molecule has 190 valence electrons. The molecule has 35 heavy (non-hydrogen) atoms. The third-order valence-electron chi connectivity index (χ3n) is 10.9. The molecule has 1 aromatic carbocycles. The maximum Gasteiger partial charge on any atom is 0.220 e. The van der Waals surface area contributed by atoms with Crippen LogP contribution in [0.25, 0.3) is 0 Å². The number of benzene rings is 1. The van der Waals surface area contributed by atoms with Gasteiger partial charge in [-0.3, -0.25) is 9.69 Å². The Hall–Kier alpha value is -1.79. The fraction of sp³-hybridized carbons (Fsp3) is 0.759. The van der Waals surface area contributed by atoms with Crippen molar-refractivity contribution in [1.29, 1.82) is 0 Å². The highest BCUT2D eigenvalue weighted by molar-refractivity contribution is 5.75. The average molecular weight is 481 g/mol. The van der Waals surface area contributed by atoms with Crippen molar-refractivity contribution in [2.24, 2.45) is 5.92 Å². The van der Waals surface area contributed by atoms with E-state index < -0.39 is 11.0 Å². The number of hydrogen-bond acceptors (Lipinski definition) is 5. The molecule has 0 unspecified atom stereocenters. The molecule has 5 atom stereocenters. The topological polar surface area (TPSA) is 73.2 Å². The van der Waals surface area contributed by atoms with Crippen LogP contribution in [0.3, 0.4) is 0 Å². The minimum atomic E-state index is -0.900. The number of carbonyl (C=O) groups is 1. The summed E-state index contributed by atoms with van der Waals surface area (Å²) in [4.78, 5) is 18.0. The Labute approximate surface area is 208 Å². The van der Waals surface area contributed by atoms with Crippen LogP contribution in [-0.4, -0.2) is 68.3 Å². The number of carbonyl (C=O) groups excluding carboxylic acids is 1. The van der Waals surface area contributed by atoms with E-state index in [4.69, 9.17) is 4.74 Å². The standard InChI is InChI=1S/C29H40N2O4/c1-18(32)31(27(2)11-4-3-5-12-27)21-10-13-29(34)23-16-20-8-9-22(33)25-24(20)28(29,26(21)35-25)14-15-30(23)17-19-6-7-19/h8-9,19,21,23,26,33-34H,3-7,10-17H2,1-2H3/t21-,23-,26+,28+,29-/m1/s1. The zero-order valence-electron chi connectivity index (χ0n) is 21.3. The summed E-state index contributed by atoms with van der Waals surface area (Å²) >= 11 is 0. The molecule has 0 radical (unpaired) electrons. The SMILES string of the molecule is CC(=O)N([C@@H]1CC[C@@]2(O)[C@H]3Cc4ccc(O)c5c4[C@@]2(CCN3CC2CC2)[C@H]1O5)C1(C)CCCCC1. The quantitative estimate of drug-likeness (QED) is 0.684. The number of phenolic OH excluding ortho intramolecular Hbond substituents is 1. The largest absolute Gasteiger partial charge is 0.504 e. The van der Waals surface area contributed by atoms with Gasteiger partial charge in [0.2, 0.25) is 5.91 Å². The van der Waals surface area contributed by atoms with Gasteiger partial charge in [0.1, 0.15) is 6.10 Å². The zero-order valence-corrected chi connectivity index (χ0v) is 21.3. The molecule has 0 aromatic heterocycles. The highest BCUT2D eigenvalue weighted by Gasteiger charge is 2.74. The lowest BCUT2D eigenvalue weighted by atomic mass is 9.48. The Kier molecular flexibility index (Phi) is 4.72. The third kappa shape index (κ3) is 2.87. The van der Waals surface area contributed by atoms with Crippen LogP contribution in [0.1, 0.15) is 89.2 Å². The Morgan fingerprint density at radius 2 is 1.91 bits per heavy atom. The van der Waals surface area contributed by atoms with Gasteiger partial charge in [0.05, 0.1) is 17.1 Å². The Morgan fingerprint density at radius 1 is 1.14 bits per heavy atom. The lowest BCUT2D eigenvalue weighted by Gasteiger charge is -2.65. The van der Waals surface area contributed by atoms with Gasteiger partial charge in [-0.2, -0.15) is 0 Å². The minimum Gasteiger partial charge on any atom is -0.504 e. The molecule has 7 rings (SSSR count). The van der Waals surface area contributed by atoms with Crippen molar-refractivity contribution >= 4 is 5.91 Å². The minimum absolute atomic E-state index is 0.0722. The van der Waals surface area contributed by atoms with Crippen LogP contribution >= 0.6 is 0 Å². The van der Waals surface area contributed by atoms with E-state index in [9.17, 15) is 15.0 Å². The smallest absolute Gasteiger partial charge is 0.220 e. The van der Waals surface area contributed by atoms with Crippen LogP contribution in [0.2, 0.25) is 0 Å². The Balaban J connectivity index is 1.36. The fourth-order valence-electron chi connectivity index (χ4n) is 9.29. The fourth-order valence-corrected chi connectivity index (χ4v) is 9.29. The lowest BCUT2D eigenvalue weighted by molar-refractivity contribution is -0.208. The van der Waals surface area contributed by atoms with Crippen LogP contribution in [0.4, 0.5) is 0 Å². The molecule has 1 amide bonds.